The second kappa shape index (κ2) is 4.23. The first-order chi connectivity index (χ1) is 7.36. The maximum atomic E-state index is 10.8. The van der Waals surface area contributed by atoms with Gasteiger partial charge in [0.1, 0.15) is 11.5 Å². The van der Waals surface area contributed by atoms with Gasteiger partial charge in [-0.25, -0.2) is 4.98 Å². The summed E-state index contributed by atoms with van der Waals surface area (Å²) in [4.78, 5) is 15.1. The molecule has 0 amide bonds. The number of aldehydes is 1. The lowest BCUT2D eigenvalue weighted by Crippen LogP contribution is -2.12. The van der Waals surface area contributed by atoms with E-state index in [9.17, 15) is 4.79 Å². The monoisotopic (exact) mass is 203 g/mol. The van der Waals surface area contributed by atoms with Crippen molar-refractivity contribution in [3.05, 3.63) is 35.9 Å². The van der Waals surface area contributed by atoms with Gasteiger partial charge in [0, 0.05) is 19.2 Å². The molecule has 0 aliphatic rings. The van der Waals surface area contributed by atoms with E-state index < -0.39 is 0 Å². The molecule has 2 aromatic rings. The van der Waals surface area contributed by atoms with Crippen LogP contribution >= 0.6 is 0 Å². The molecule has 4 heteroatoms. The molecule has 0 aliphatic carbocycles. The molecule has 0 unspecified atom stereocenters. The standard InChI is InChI=1S/C11H13N3O/c1-12-6-5-11-13-9(8-15)10-4-2-3-7-14(10)11/h2-4,7-8,12H,5-6H2,1H3. The van der Waals surface area contributed by atoms with Crippen LogP contribution in [0, 0.1) is 0 Å². The van der Waals surface area contributed by atoms with Crippen molar-refractivity contribution in [1.29, 1.82) is 0 Å². The summed E-state index contributed by atoms with van der Waals surface area (Å²) in [7, 11) is 1.90. The van der Waals surface area contributed by atoms with Gasteiger partial charge in [-0.05, 0) is 19.2 Å². The molecule has 0 spiro atoms. The number of nitrogens with one attached hydrogen (secondary N) is 1. The van der Waals surface area contributed by atoms with E-state index in [0.717, 1.165) is 30.6 Å². The highest BCUT2D eigenvalue weighted by Crippen LogP contribution is 2.11. The van der Waals surface area contributed by atoms with Gasteiger partial charge in [0.05, 0.1) is 5.52 Å². The number of hydrogen-bond acceptors (Lipinski definition) is 3. The zero-order valence-electron chi connectivity index (χ0n) is 8.60. The van der Waals surface area contributed by atoms with Gasteiger partial charge in [-0.3, -0.25) is 4.79 Å². The minimum atomic E-state index is 0.515. The lowest BCUT2D eigenvalue weighted by molar-refractivity contribution is 0.112. The van der Waals surface area contributed by atoms with Crippen molar-refractivity contribution in [2.24, 2.45) is 0 Å². The van der Waals surface area contributed by atoms with Gasteiger partial charge in [-0.1, -0.05) is 6.07 Å². The summed E-state index contributed by atoms with van der Waals surface area (Å²) < 4.78 is 1.96. The molecule has 4 nitrogen and oxygen atoms in total. The first-order valence-electron chi connectivity index (χ1n) is 4.92. The predicted molar refractivity (Wildman–Crippen MR) is 58.2 cm³/mol. The van der Waals surface area contributed by atoms with E-state index in [2.05, 4.69) is 10.3 Å². The van der Waals surface area contributed by atoms with Gasteiger partial charge in [-0.2, -0.15) is 0 Å². The lowest BCUT2D eigenvalue weighted by atomic mass is 10.3. The Morgan fingerprint density at radius 3 is 3.13 bits per heavy atom. The lowest BCUT2D eigenvalue weighted by Gasteiger charge is -1.99. The summed E-state index contributed by atoms with van der Waals surface area (Å²) in [5, 5.41) is 3.07. The molecule has 0 aromatic carbocycles. The number of carbonyl (C=O) groups is 1. The molecule has 0 saturated heterocycles. The topological polar surface area (TPSA) is 46.4 Å². The van der Waals surface area contributed by atoms with E-state index in [1.54, 1.807) is 0 Å². The Morgan fingerprint density at radius 1 is 1.53 bits per heavy atom. The normalized spacial score (nSPS) is 10.7. The third-order valence-electron chi connectivity index (χ3n) is 2.36. The molecule has 0 fully saturated rings. The Hall–Kier alpha value is -1.68. The first kappa shape index (κ1) is 9.86. The van der Waals surface area contributed by atoms with Crippen LogP contribution in [-0.4, -0.2) is 29.3 Å². The Balaban J connectivity index is 2.50. The number of pyridine rings is 1. The third-order valence-corrected chi connectivity index (χ3v) is 2.36. The summed E-state index contributed by atoms with van der Waals surface area (Å²) in [6, 6.07) is 5.75. The molecule has 78 valence electrons. The molecule has 0 saturated carbocycles. The van der Waals surface area contributed by atoms with Crippen LogP contribution in [0.1, 0.15) is 16.3 Å². The minimum Gasteiger partial charge on any atom is -0.319 e. The minimum absolute atomic E-state index is 0.515. The molecule has 0 atom stereocenters. The number of aromatic nitrogens is 2. The molecule has 0 radical (unpaired) electrons. The number of nitrogens with zero attached hydrogens (tertiary/aromatic N) is 2. The van der Waals surface area contributed by atoms with Crippen LogP contribution in [0.5, 0.6) is 0 Å². The summed E-state index contributed by atoms with van der Waals surface area (Å²) in [6.07, 6.45) is 3.55. The van der Waals surface area contributed by atoms with Crippen LogP contribution in [0.3, 0.4) is 0 Å². The molecular formula is C11H13N3O. The van der Waals surface area contributed by atoms with E-state index in [-0.39, 0.29) is 0 Å². The zero-order chi connectivity index (χ0) is 10.7. The first-order valence-corrected chi connectivity index (χ1v) is 4.92. The molecular weight excluding hydrogens is 190 g/mol. The largest absolute Gasteiger partial charge is 0.319 e. The maximum absolute atomic E-state index is 10.8. The number of likely N-dealkylation sites (N-methyl/N-ethyl adjacent to an activating group) is 1. The number of fused-ring (bicyclic) bond motifs is 1. The van der Waals surface area contributed by atoms with Gasteiger partial charge < -0.3 is 9.72 Å². The second-order valence-corrected chi connectivity index (χ2v) is 3.34. The summed E-state index contributed by atoms with van der Waals surface area (Å²) in [5.74, 6) is 0.919. The second-order valence-electron chi connectivity index (χ2n) is 3.34. The quantitative estimate of drug-likeness (QED) is 0.751. The highest BCUT2D eigenvalue weighted by Gasteiger charge is 2.08. The molecule has 15 heavy (non-hydrogen) atoms. The highest BCUT2D eigenvalue weighted by molar-refractivity contribution is 5.83. The van der Waals surface area contributed by atoms with E-state index in [1.807, 2.05) is 35.8 Å². The van der Waals surface area contributed by atoms with Gasteiger partial charge in [-0.15, -0.1) is 0 Å². The predicted octanol–water partition coefficient (Wildman–Crippen LogP) is 0.909. The van der Waals surface area contributed by atoms with E-state index in [1.165, 1.54) is 0 Å². The Bertz CT molecular complexity index is 476. The average molecular weight is 203 g/mol. The smallest absolute Gasteiger partial charge is 0.170 e. The van der Waals surface area contributed by atoms with Crippen molar-refractivity contribution in [2.45, 2.75) is 6.42 Å². The van der Waals surface area contributed by atoms with Crippen LogP contribution in [-0.2, 0) is 6.42 Å². The average Bonchev–Trinajstić information content (AvgIpc) is 2.65. The fraction of sp³-hybridized carbons (Fsp3) is 0.273. The van der Waals surface area contributed by atoms with E-state index in [4.69, 9.17) is 0 Å². The maximum Gasteiger partial charge on any atom is 0.170 e. The fourth-order valence-electron chi connectivity index (χ4n) is 1.63. The van der Waals surface area contributed by atoms with Crippen molar-refractivity contribution in [2.75, 3.05) is 13.6 Å². The van der Waals surface area contributed by atoms with Crippen LogP contribution in [0.15, 0.2) is 24.4 Å². The van der Waals surface area contributed by atoms with Gasteiger partial charge in [0.15, 0.2) is 6.29 Å². The van der Waals surface area contributed by atoms with Crippen LogP contribution < -0.4 is 5.32 Å². The van der Waals surface area contributed by atoms with Crippen molar-refractivity contribution >= 4 is 11.8 Å². The third kappa shape index (κ3) is 1.76. The van der Waals surface area contributed by atoms with Crippen LogP contribution in [0.2, 0.25) is 0 Å². The molecule has 1 N–H and O–H groups in total. The SMILES string of the molecule is CNCCc1nc(C=O)c2ccccn12. The van der Waals surface area contributed by atoms with Gasteiger partial charge in [0.2, 0.25) is 0 Å². The van der Waals surface area contributed by atoms with Crippen molar-refractivity contribution in [1.82, 2.24) is 14.7 Å². The van der Waals surface area contributed by atoms with E-state index in [0.29, 0.717) is 5.69 Å². The Labute approximate surface area is 87.9 Å². The number of rotatable bonds is 4. The van der Waals surface area contributed by atoms with Crippen LogP contribution in [0.4, 0.5) is 0 Å². The highest BCUT2D eigenvalue weighted by atomic mass is 16.1. The number of carbonyl (C=O) groups excluding carboxylic acids is 1. The van der Waals surface area contributed by atoms with Crippen molar-refractivity contribution in [3.63, 3.8) is 0 Å². The Morgan fingerprint density at radius 2 is 2.40 bits per heavy atom. The van der Waals surface area contributed by atoms with Crippen molar-refractivity contribution in [3.8, 4) is 0 Å². The van der Waals surface area contributed by atoms with E-state index >= 15 is 0 Å². The molecule has 0 bridgehead atoms. The summed E-state index contributed by atoms with van der Waals surface area (Å²) in [6.45, 7) is 0.853. The van der Waals surface area contributed by atoms with Crippen molar-refractivity contribution < 1.29 is 4.79 Å². The molecule has 2 rings (SSSR count). The number of imidazole rings is 1. The molecule has 2 heterocycles. The van der Waals surface area contributed by atoms with Gasteiger partial charge in [0.25, 0.3) is 0 Å². The number of hydrogen-bond donors (Lipinski definition) is 1. The van der Waals surface area contributed by atoms with Gasteiger partial charge >= 0.3 is 0 Å². The fourth-order valence-corrected chi connectivity index (χ4v) is 1.63. The zero-order valence-corrected chi connectivity index (χ0v) is 8.60. The van der Waals surface area contributed by atoms with Crippen LogP contribution in [0.25, 0.3) is 5.52 Å². The summed E-state index contributed by atoms with van der Waals surface area (Å²) >= 11 is 0. The Kier molecular flexibility index (Phi) is 2.78. The molecule has 2 aromatic heterocycles. The summed E-state index contributed by atoms with van der Waals surface area (Å²) in [5.41, 5.74) is 1.39. The molecule has 0 aliphatic heterocycles.